The highest BCUT2D eigenvalue weighted by atomic mass is 16.5. The largest absolute Gasteiger partial charge is 0.502 e. The Morgan fingerprint density at radius 2 is 1.84 bits per heavy atom. The second-order valence-electron chi connectivity index (χ2n) is 4.42. The zero-order valence-corrected chi connectivity index (χ0v) is 11.3. The number of benzene rings is 1. The molecule has 0 bridgehead atoms. The van der Waals surface area contributed by atoms with Crippen molar-refractivity contribution in [3.63, 3.8) is 0 Å². The summed E-state index contributed by atoms with van der Waals surface area (Å²) in [5.74, 6) is -1.90. The number of ether oxygens (including phenoxy) is 2. The second kappa shape index (κ2) is 5.79. The van der Waals surface area contributed by atoms with Crippen LogP contribution in [0.3, 0.4) is 0 Å². The molecule has 1 rings (SSSR count). The molecule has 1 atom stereocenters. The van der Waals surface area contributed by atoms with Crippen molar-refractivity contribution in [1.29, 1.82) is 0 Å². The summed E-state index contributed by atoms with van der Waals surface area (Å²) in [5, 5.41) is 29.3. The van der Waals surface area contributed by atoms with E-state index in [2.05, 4.69) is 0 Å². The quantitative estimate of drug-likeness (QED) is 0.755. The summed E-state index contributed by atoms with van der Waals surface area (Å²) in [4.78, 5) is 11.3. The lowest BCUT2D eigenvalue weighted by Gasteiger charge is -2.22. The van der Waals surface area contributed by atoms with Crippen molar-refractivity contribution in [1.82, 2.24) is 0 Å². The highest BCUT2D eigenvalue weighted by Gasteiger charge is 2.29. The van der Waals surface area contributed by atoms with Crippen LogP contribution in [-0.2, 0) is 0 Å². The minimum absolute atomic E-state index is 0.0195. The number of rotatable bonds is 5. The fraction of sp³-hybridized carbons (Fsp3) is 0.462. The van der Waals surface area contributed by atoms with Crippen LogP contribution in [0.15, 0.2) is 6.07 Å². The highest BCUT2D eigenvalue weighted by molar-refractivity contribution is 5.92. The van der Waals surface area contributed by atoms with Gasteiger partial charge in [-0.3, -0.25) is 0 Å². The summed E-state index contributed by atoms with van der Waals surface area (Å²) in [6, 6.07) is 1.17. The molecule has 0 aromatic heterocycles. The van der Waals surface area contributed by atoms with Crippen LogP contribution in [0.4, 0.5) is 0 Å². The average molecular weight is 270 g/mol. The molecule has 106 valence electrons. The third-order valence-corrected chi connectivity index (χ3v) is 2.84. The van der Waals surface area contributed by atoms with Gasteiger partial charge in [0.15, 0.2) is 11.5 Å². The number of aliphatic hydroxyl groups excluding tert-OH is 1. The standard InChI is InChI=1S/C13H18O6/c1-6(2)10(14)9-7(13(16)17)5-8(18-3)11(15)12(9)19-4/h5-6,10,14-15H,1-4H3,(H,16,17). The molecule has 0 saturated heterocycles. The first-order valence-corrected chi connectivity index (χ1v) is 5.74. The number of carbonyl (C=O) groups is 1. The number of hydrogen-bond acceptors (Lipinski definition) is 5. The van der Waals surface area contributed by atoms with E-state index in [0.717, 1.165) is 0 Å². The van der Waals surface area contributed by atoms with Gasteiger partial charge in [0.2, 0.25) is 5.75 Å². The number of carboxylic acid groups (broad SMARTS) is 1. The van der Waals surface area contributed by atoms with E-state index in [1.807, 2.05) is 0 Å². The fourth-order valence-corrected chi connectivity index (χ4v) is 1.81. The van der Waals surface area contributed by atoms with Crippen LogP contribution in [0.5, 0.6) is 17.2 Å². The Labute approximate surface area is 111 Å². The molecule has 0 saturated carbocycles. The van der Waals surface area contributed by atoms with E-state index in [4.69, 9.17) is 9.47 Å². The van der Waals surface area contributed by atoms with Gasteiger partial charge in [-0.15, -0.1) is 0 Å². The predicted octanol–water partition coefficient (Wildman–Crippen LogP) is 1.80. The summed E-state index contributed by atoms with van der Waals surface area (Å²) < 4.78 is 9.93. The first kappa shape index (κ1) is 15.1. The summed E-state index contributed by atoms with van der Waals surface area (Å²) in [6.07, 6.45) is -1.07. The monoisotopic (exact) mass is 270 g/mol. The molecule has 0 spiro atoms. The van der Waals surface area contributed by atoms with Gasteiger partial charge in [0, 0.05) is 5.56 Å². The predicted molar refractivity (Wildman–Crippen MR) is 68.0 cm³/mol. The number of aromatic hydroxyl groups is 1. The Balaban J connectivity index is 3.65. The van der Waals surface area contributed by atoms with E-state index < -0.39 is 12.1 Å². The van der Waals surface area contributed by atoms with Gasteiger partial charge in [-0.05, 0) is 12.0 Å². The van der Waals surface area contributed by atoms with Gasteiger partial charge >= 0.3 is 5.97 Å². The Kier molecular flexibility index (Phi) is 4.61. The summed E-state index contributed by atoms with van der Waals surface area (Å²) in [7, 11) is 2.59. The van der Waals surface area contributed by atoms with Crippen molar-refractivity contribution >= 4 is 5.97 Å². The van der Waals surface area contributed by atoms with Crippen molar-refractivity contribution in [2.45, 2.75) is 20.0 Å². The molecule has 0 aliphatic carbocycles. The molecule has 0 heterocycles. The van der Waals surface area contributed by atoms with Crippen molar-refractivity contribution in [2.75, 3.05) is 14.2 Å². The van der Waals surface area contributed by atoms with Crippen molar-refractivity contribution in [3.05, 3.63) is 17.2 Å². The molecule has 1 aromatic rings. The van der Waals surface area contributed by atoms with E-state index in [1.165, 1.54) is 20.3 Å². The maximum Gasteiger partial charge on any atom is 0.336 e. The molecular weight excluding hydrogens is 252 g/mol. The van der Waals surface area contributed by atoms with Crippen LogP contribution in [-0.4, -0.2) is 35.5 Å². The van der Waals surface area contributed by atoms with Gasteiger partial charge in [0.1, 0.15) is 0 Å². The van der Waals surface area contributed by atoms with E-state index in [1.54, 1.807) is 13.8 Å². The molecule has 0 aliphatic rings. The topological polar surface area (TPSA) is 96.2 Å². The first-order chi connectivity index (χ1) is 8.84. The molecule has 19 heavy (non-hydrogen) atoms. The van der Waals surface area contributed by atoms with Crippen LogP contribution in [0.1, 0.15) is 35.9 Å². The number of carboxylic acids is 1. The van der Waals surface area contributed by atoms with Crippen LogP contribution >= 0.6 is 0 Å². The lowest BCUT2D eigenvalue weighted by atomic mass is 9.93. The number of methoxy groups -OCH3 is 2. The van der Waals surface area contributed by atoms with E-state index >= 15 is 0 Å². The normalized spacial score (nSPS) is 12.3. The molecule has 1 unspecified atom stereocenters. The maximum absolute atomic E-state index is 11.3. The van der Waals surface area contributed by atoms with E-state index in [0.29, 0.717) is 0 Å². The SMILES string of the molecule is COc1cc(C(=O)O)c(C(O)C(C)C)c(OC)c1O. The van der Waals surface area contributed by atoms with Crippen LogP contribution < -0.4 is 9.47 Å². The van der Waals surface area contributed by atoms with E-state index in [9.17, 15) is 20.1 Å². The zero-order chi connectivity index (χ0) is 14.7. The summed E-state index contributed by atoms with van der Waals surface area (Å²) in [5.41, 5.74) is -0.115. The van der Waals surface area contributed by atoms with Crippen molar-refractivity contribution in [2.24, 2.45) is 5.92 Å². The molecule has 0 radical (unpaired) electrons. The maximum atomic E-state index is 11.3. The third kappa shape index (κ3) is 2.73. The van der Waals surface area contributed by atoms with Gasteiger partial charge in [-0.25, -0.2) is 4.79 Å². The summed E-state index contributed by atoms with van der Waals surface area (Å²) in [6.45, 7) is 3.47. The van der Waals surface area contributed by atoms with Crippen LogP contribution in [0, 0.1) is 5.92 Å². The van der Waals surface area contributed by atoms with Gasteiger partial charge in [-0.1, -0.05) is 13.8 Å². The molecule has 1 aromatic carbocycles. The average Bonchev–Trinajstić information content (AvgIpc) is 2.36. The van der Waals surface area contributed by atoms with Crippen LogP contribution in [0.2, 0.25) is 0 Å². The molecular formula is C13H18O6. The molecule has 0 aliphatic heterocycles. The molecule has 6 heteroatoms. The number of phenolic OH excluding ortho intramolecular Hbond substituents is 1. The Morgan fingerprint density at radius 1 is 1.26 bits per heavy atom. The Morgan fingerprint density at radius 3 is 2.21 bits per heavy atom. The van der Waals surface area contributed by atoms with Gasteiger partial charge in [0.25, 0.3) is 0 Å². The number of aliphatic hydroxyl groups is 1. The highest BCUT2D eigenvalue weighted by Crippen LogP contribution is 2.45. The molecule has 3 N–H and O–H groups in total. The zero-order valence-electron chi connectivity index (χ0n) is 11.3. The number of phenols is 1. The van der Waals surface area contributed by atoms with Gasteiger partial charge in [-0.2, -0.15) is 0 Å². The molecule has 0 amide bonds. The number of aromatic carboxylic acids is 1. The Hall–Kier alpha value is -1.95. The second-order valence-corrected chi connectivity index (χ2v) is 4.42. The summed E-state index contributed by atoms with van der Waals surface area (Å²) >= 11 is 0. The molecule has 6 nitrogen and oxygen atoms in total. The lowest BCUT2D eigenvalue weighted by molar-refractivity contribution is 0.0679. The van der Waals surface area contributed by atoms with Crippen molar-refractivity contribution in [3.8, 4) is 17.2 Å². The fourth-order valence-electron chi connectivity index (χ4n) is 1.81. The Bertz CT molecular complexity index is 481. The van der Waals surface area contributed by atoms with Crippen LogP contribution in [0.25, 0.3) is 0 Å². The third-order valence-electron chi connectivity index (χ3n) is 2.84. The van der Waals surface area contributed by atoms with Crippen molar-refractivity contribution < 1.29 is 29.6 Å². The van der Waals surface area contributed by atoms with Gasteiger partial charge in [0.05, 0.1) is 25.9 Å². The first-order valence-electron chi connectivity index (χ1n) is 5.74. The van der Waals surface area contributed by atoms with Gasteiger partial charge < -0.3 is 24.8 Å². The minimum atomic E-state index is -1.23. The lowest BCUT2D eigenvalue weighted by Crippen LogP contribution is -2.14. The minimum Gasteiger partial charge on any atom is -0.502 e. The number of hydrogen-bond donors (Lipinski definition) is 3. The van der Waals surface area contributed by atoms with E-state index in [-0.39, 0.29) is 34.3 Å². The molecule has 0 fully saturated rings. The smallest absolute Gasteiger partial charge is 0.336 e.